The highest BCUT2D eigenvalue weighted by Gasteiger charge is 2.43. The molecule has 0 saturated carbocycles. The van der Waals surface area contributed by atoms with Crippen LogP contribution < -0.4 is 0 Å². The molecule has 0 spiro atoms. The standard InChI is InChI=1S/C13H18O6/c14-6-9-10(15)11(16)12(17)13(19-9)18-7-8-4-2-1-3-5-8/h1-5,9-17H,6-7H2/t9-,10+,11?,12-,13-/m1/s1. The highest BCUT2D eigenvalue weighted by molar-refractivity contribution is 5.13. The first kappa shape index (κ1) is 14.4. The van der Waals surface area contributed by atoms with Crippen LogP contribution in [-0.2, 0) is 16.1 Å². The van der Waals surface area contributed by atoms with Crippen LogP contribution in [0.1, 0.15) is 5.56 Å². The Labute approximate surface area is 110 Å². The molecular formula is C13H18O6. The lowest BCUT2D eigenvalue weighted by atomic mass is 9.99. The zero-order valence-corrected chi connectivity index (χ0v) is 10.3. The third-order valence-corrected chi connectivity index (χ3v) is 3.11. The molecule has 6 nitrogen and oxygen atoms in total. The molecule has 1 aromatic carbocycles. The first-order chi connectivity index (χ1) is 9.13. The Balaban J connectivity index is 1.95. The van der Waals surface area contributed by atoms with Gasteiger partial charge in [0, 0.05) is 0 Å². The van der Waals surface area contributed by atoms with Gasteiger partial charge < -0.3 is 29.9 Å². The first-order valence-electron chi connectivity index (χ1n) is 6.09. The van der Waals surface area contributed by atoms with Gasteiger partial charge in [-0.3, -0.25) is 0 Å². The molecule has 0 radical (unpaired) electrons. The minimum Gasteiger partial charge on any atom is -0.394 e. The van der Waals surface area contributed by atoms with Crippen molar-refractivity contribution in [2.45, 2.75) is 37.3 Å². The van der Waals surface area contributed by atoms with Gasteiger partial charge in [-0.2, -0.15) is 0 Å². The summed E-state index contributed by atoms with van der Waals surface area (Å²) in [5.41, 5.74) is 0.888. The lowest BCUT2D eigenvalue weighted by Gasteiger charge is -2.39. The van der Waals surface area contributed by atoms with Crippen LogP contribution in [-0.4, -0.2) is 57.7 Å². The largest absolute Gasteiger partial charge is 0.394 e. The van der Waals surface area contributed by atoms with Crippen LogP contribution >= 0.6 is 0 Å². The summed E-state index contributed by atoms with van der Waals surface area (Å²) in [4.78, 5) is 0. The van der Waals surface area contributed by atoms with Crippen LogP contribution in [0.3, 0.4) is 0 Å². The maximum atomic E-state index is 9.76. The van der Waals surface area contributed by atoms with Gasteiger partial charge in [0.2, 0.25) is 0 Å². The van der Waals surface area contributed by atoms with Gasteiger partial charge in [0.1, 0.15) is 24.4 Å². The monoisotopic (exact) mass is 270 g/mol. The van der Waals surface area contributed by atoms with Crippen molar-refractivity contribution in [2.75, 3.05) is 6.61 Å². The summed E-state index contributed by atoms with van der Waals surface area (Å²) in [6.07, 6.45) is -6.17. The topological polar surface area (TPSA) is 99.4 Å². The third-order valence-electron chi connectivity index (χ3n) is 3.11. The van der Waals surface area contributed by atoms with Gasteiger partial charge in [-0.15, -0.1) is 0 Å². The summed E-state index contributed by atoms with van der Waals surface area (Å²) in [6, 6.07) is 9.28. The predicted molar refractivity (Wildman–Crippen MR) is 65.0 cm³/mol. The highest BCUT2D eigenvalue weighted by Crippen LogP contribution is 2.22. The van der Waals surface area contributed by atoms with E-state index in [1.165, 1.54) is 0 Å². The quantitative estimate of drug-likeness (QED) is 0.560. The molecule has 1 aliphatic heterocycles. The fourth-order valence-corrected chi connectivity index (χ4v) is 1.96. The van der Waals surface area contributed by atoms with E-state index in [1.54, 1.807) is 0 Å². The molecule has 0 aromatic heterocycles. The Kier molecular flexibility index (Phi) is 4.87. The molecule has 0 bridgehead atoms. The van der Waals surface area contributed by atoms with Crippen LogP contribution in [0.5, 0.6) is 0 Å². The second-order valence-corrected chi connectivity index (χ2v) is 4.49. The fourth-order valence-electron chi connectivity index (χ4n) is 1.96. The molecule has 1 aromatic rings. The van der Waals surface area contributed by atoms with Crippen molar-refractivity contribution in [3.63, 3.8) is 0 Å². The normalized spacial score (nSPS) is 35.3. The second kappa shape index (κ2) is 6.42. The van der Waals surface area contributed by atoms with E-state index >= 15 is 0 Å². The van der Waals surface area contributed by atoms with Crippen molar-refractivity contribution in [2.24, 2.45) is 0 Å². The summed E-state index contributed by atoms with van der Waals surface area (Å²) < 4.78 is 10.6. The summed E-state index contributed by atoms with van der Waals surface area (Å²) in [6.45, 7) is -0.264. The van der Waals surface area contributed by atoms with E-state index in [4.69, 9.17) is 14.6 Å². The number of benzene rings is 1. The average molecular weight is 270 g/mol. The molecule has 5 atom stereocenters. The number of hydrogen-bond acceptors (Lipinski definition) is 6. The Morgan fingerprint density at radius 1 is 1.00 bits per heavy atom. The fraction of sp³-hybridized carbons (Fsp3) is 0.538. The summed E-state index contributed by atoms with van der Waals surface area (Å²) in [5.74, 6) is 0. The molecule has 0 aliphatic carbocycles. The van der Waals surface area contributed by atoms with Crippen LogP contribution in [0.4, 0.5) is 0 Å². The molecular weight excluding hydrogens is 252 g/mol. The Bertz CT molecular complexity index is 382. The molecule has 4 N–H and O–H groups in total. The van der Waals surface area contributed by atoms with Gasteiger partial charge in [-0.25, -0.2) is 0 Å². The number of aliphatic hydroxyl groups is 4. The predicted octanol–water partition coefficient (Wildman–Crippen LogP) is -0.997. The number of ether oxygens (including phenoxy) is 2. The van der Waals surface area contributed by atoms with Gasteiger partial charge >= 0.3 is 0 Å². The zero-order valence-electron chi connectivity index (χ0n) is 10.3. The summed E-state index contributed by atoms with van der Waals surface area (Å²) in [5, 5.41) is 38.0. The Morgan fingerprint density at radius 3 is 2.32 bits per heavy atom. The molecule has 1 heterocycles. The van der Waals surface area contributed by atoms with Gasteiger partial charge in [0.05, 0.1) is 13.2 Å². The van der Waals surface area contributed by atoms with Crippen LogP contribution in [0.2, 0.25) is 0 Å². The Hall–Kier alpha value is -1.02. The number of hydrogen-bond donors (Lipinski definition) is 4. The van der Waals surface area contributed by atoms with Crippen molar-refractivity contribution in [1.82, 2.24) is 0 Å². The third kappa shape index (κ3) is 3.30. The zero-order chi connectivity index (χ0) is 13.8. The molecule has 1 fully saturated rings. The van der Waals surface area contributed by atoms with Crippen molar-refractivity contribution in [3.05, 3.63) is 35.9 Å². The number of aliphatic hydroxyl groups excluding tert-OH is 4. The first-order valence-corrected chi connectivity index (χ1v) is 6.09. The Morgan fingerprint density at radius 2 is 1.68 bits per heavy atom. The summed E-state index contributed by atoms with van der Waals surface area (Å²) in [7, 11) is 0. The minimum atomic E-state index is -1.41. The maximum Gasteiger partial charge on any atom is 0.187 e. The van der Waals surface area contributed by atoms with Gasteiger partial charge in [0.25, 0.3) is 0 Å². The molecule has 0 amide bonds. The molecule has 106 valence electrons. The molecule has 19 heavy (non-hydrogen) atoms. The van der Waals surface area contributed by atoms with Crippen molar-refractivity contribution in [1.29, 1.82) is 0 Å². The van der Waals surface area contributed by atoms with Crippen LogP contribution in [0.25, 0.3) is 0 Å². The molecule has 1 saturated heterocycles. The van der Waals surface area contributed by atoms with Crippen LogP contribution in [0.15, 0.2) is 30.3 Å². The van der Waals surface area contributed by atoms with Gasteiger partial charge in [0.15, 0.2) is 6.29 Å². The van der Waals surface area contributed by atoms with E-state index in [-0.39, 0.29) is 6.61 Å². The maximum absolute atomic E-state index is 9.76. The van der Waals surface area contributed by atoms with Crippen molar-refractivity contribution in [3.8, 4) is 0 Å². The smallest absolute Gasteiger partial charge is 0.187 e. The molecule has 6 heteroatoms. The minimum absolute atomic E-state index is 0.198. The van der Waals surface area contributed by atoms with E-state index < -0.39 is 37.3 Å². The van der Waals surface area contributed by atoms with Crippen molar-refractivity contribution >= 4 is 0 Å². The van der Waals surface area contributed by atoms with Crippen LogP contribution in [0, 0.1) is 0 Å². The lowest BCUT2D eigenvalue weighted by Crippen LogP contribution is -2.59. The molecule has 1 aliphatic rings. The van der Waals surface area contributed by atoms with E-state index in [0.29, 0.717) is 0 Å². The van der Waals surface area contributed by atoms with E-state index in [1.807, 2.05) is 30.3 Å². The molecule has 2 rings (SSSR count). The SMILES string of the molecule is OC[C@H]1O[C@@H](OCc2ccccc2)[C@H](O)C(O)[C@H]1O. The van der Waals surface area contributed by atoms with Gasteiger partial charge in [-0.1, -0.05) is 30.3 Å². The van der Waals surface area contributed by atoms with E-state index in [2.05, 4.69) is 0 Å². The lowest BCUT2D eigenvalue weighted by molar-refractivity contribution is -0.304. The molecule has 1 unspecified atom stereocenters. The average Bonchev–Trinajstić information content (AvgIpc) is 2.45. The summed E-state index contributed by atoms with van der Waals surface area (Å²) >= 11 is 0. The highest BCUT2D eigenvalue weighted by atomic mass is 16.7. The second-order valence-electron chi connectivity index (χ2n) is 4.49. The van der Waals surface area contributed by atoms with Gasteiger partial charge in [-0.05, 0) is 5.56 Å². The van der Waals surface area contributed by atoms with E-state index in [0.717, 1.165) is 5.56 Å². The number of rotatable bonds is 4. The van der Waals surface area contributed by atoms with E-state index in [9.17, 15) is 15.3 Å². The van der Waals surface area contributed by atoms with Crippen molar-refractivity contribution < 1.29 is 29.9 Å².